The number of rotatable bonds is 3. The molecule has 5 heteroatoms. The second-order valence-corrected chi connectivity index (χ2v) is 4.36. The Hall–Kier alpha value is -1.78. The van der Waals surface area contributed by atoms with Gasteiger partial charge in [-0.05, 0) is 36.5 Å². The largest absolute Gasteiger partial charge is 0.454 e. The van der Waals surface area contributed by atoms with Gasteiger partial charge in [-0.1, -0.05) is 35.9 Å². The summed E-state index contributed by atoms with van der Waals surface area (Å²) >= 11 is 10.8. The number of thiocarbonyl (C=S) groups is 1. The molecule has 0 amide bonds. The van der Waals surface area contributed by atoms with Crippen molar-refractivity contribution in [3.05, 3.63) is 53.6 Å². The summed E-state index contributed by atoms with van der Waals surface area (Å²) in [6.45, 7) is 0. The van der Waals surface area contributed by atoms with E-state index in [1.54, 1.807) is 12.1 Å². The molecule has 2 aromatic rings. The number of benzene rings is 2. The third kappa shape index (κ3) is 3.12. The number of hydrogen-bond acceptors (Lipinski definition) is 2. The lowest BCUT2D eigenvalue weighted by Crippen LogP contribution is -2.19. The Morgan fingerprint density at radius 3 is 2.33 bits per heavy atom. The van der Waals surface area contributed by atoms with Crippen LogP contribution in [0.15, 0.2) is 48.5 Å². The van der Waals surface area contributed by atoms with E-state index >= 15 is 0 Å². The molecule has 0 radical (unpaired) electrons. The summed E-state index contributed by atoms with van der Waals surface area (Å²) in [6.07, 6.45) is 0. The van der Waals surface area contributed by atoms with Crippen LogP contribution in [0.4, 0.5) is 5.69 Å². The number of nitrogens with two attached hydrogens (primary N) is 1. The minimum Gasteiger partial charge on any atom is -0.454 e. The molecule has 18 heavy (non-hydrogen) atoms. The lowest BCUT2D eigenvalue weighted by molar-refractivity contribution is 0.485. The molecule has 0 unspecified atom stereocenters. The average molecular weight is 279 g/mol. The van der Waals surface area contributed by atoms with Gasteiger partial charge in [-0.2, -0.15) is 0 Å². The van der Waals surface area contributed by atoms with E-state index < -0.39 is 0 Å². The van der Waals surface area contributed by atoms with E-state index in [9.17, 15) is 0 Å². The van der Waals surface area contributed by atoms with Gasteiger partial charge in [-0.15, -0.1) is 0 Å². The monoisotopic (exact) mass is 278 g/mol. The molecule has 0 heterocycles. The predicted octanol–water partition coefficient (Wildman–Crippen LogP) is 3.79. The second-order valence-electron chi connectivity index (χ2n) is 3.52. The average Bonchev–Trinajstić information content (AvgIpc) is 2.34. The number of hydrogen-bond donors (Lipinski definition) is 2. The van der Waals surface area contributed by atoms with Crippen molar-refractivity contribution in [3.8, 4) is 11.5 Å². The minimum atomic E-state index is 0.185. The van der Waals surface area contributed by atoms with Crippen molar-refractivity contribution in [3.63, 3.8) is 0 Å². The van der Waals surface area contributed by atoms with Gasteiger partial charge in [0, 0.05) is 0 Å². The van der Waals surface area contributed by atoms with Crippen molar-refractivity contribution in [1.29, 1.82) is 0 Å². The van der Waals surface area contributed by atoms with E-state index in [0.717, 1.165) is 0 Å². The Kier molecular flexibility index (Phi) is 4.02. The molecule has 3 N–H and O–H groups in total. The molecule has 0 spiro atoms. The molecule has 3 nitrogen and oxygen atoms in total. The smallest absolute Gasteiger partial charge is 0.168 e. The van der Waals surface area contributed by atoms with E-state index in [2.05, 4.69) is 5.32 Å². The number of ether oxygens (including phenoxy) is 1. The summed E-state index contributed by atoms with van der Waals surface area (Å²) in [5, 5.41) is 3.58. The van der Waals surface area contributed by atoms with Gasteiger partial charge in [0.15, 0.2) is 10.9 Å². The highest BCUT2D eigenvalue weighted by Gasteiger charge is 2.06. The molecule has 0 aromatic heterocycles. The Morgan fingerprint density at radius 1 is 1.06 bits per heavy atom. The zero-order valence-corrected chi connectivity index (χ0v) is 11.0. The van der Waals surface area contributed by atoms with Gasteiger partial charge in [0.05, 0.1) is 10.7 Å². The van der Waals surface area contributed by atoms with Crippen LogP contribution in [0.3, 0.4) is 0 Å². The van der Waals surface area contributed by atoms with Crippen LogP contribution in [0.5, 0.6) is 11.5 Å². The van der Waals surface area contributed by atoms with Crippen molar-refractivity contribution < 1.29 is 4.74 Å². The van der Waals surface area contributed by atoms with Crippen LogP contribution >= 0.6 is 23.8 Å². The van der Waals surface area contributed by atoms with E-state index in [1.807, 2.05) is 36.4 Å². The highest BCUT2D eigenvalue weighted by atomic mass is 35.5. The molecule has 0 aliphatic rings. The van der Waals surface area contributed by atoms with Crippen molar-refractivity contribution >= 4 is 34.6 Å². The first-order chi connectivity index (χ1) is 8.66. The number of anilines is 1. The van der Waals surface area contributed by atoms with Crippen LogP contribution in [0.2, 0.25) is 5.02 Å². The van der Waals surface area contributed by atoms with Gasteiger partial charge in [-0.3, -0.25) is 0 Å². The summed E-state index contributed by atoms with van der Waals surface area (Å²) in [4.78, 5) is 0. The fraction of sp³-hybridized carbons (Fsp3) is 0. The maximum Gasteiger partial charge on any atom is 0.168 e. The quantitative estimate of drug-likeness (QED) is 0.839. The molecule has 92 valence electrons. The zero-order chi connectivity index (χ0) is 13.0. The molecule has 2 aromatic carbocycles. The van der Waals surface area contributed by atoms with E-state index in [-0.39, 0.29) is 5.11 Å². The van der Waals surface area contributed by atoms with Gasteiger partial charge >= 0.3 is 0 Å². The SMILES string of the molecule is NC(=S)Nc1ccccc1Oc1ccccc1Cl. The Morgan fingerprint density at radius 2 is 1.67 bits per heavy atom. The molecule has 0 fully saturated rings. The summed E-state index contributed by atoms with van der Waals surface area (Å²) in [5.74, 6) is 1.19. The van der Waals surface area contributed by atoms with E-state index in [4.69, 9.17) is 34.3 Å². The number of nitrogens with one attached hydrogen (secondary N) is 1. The highest BCUT2D eigenvalue weighted by molar-refractivity contribution is 7.80. The second kappa shape index (κ2) is 5.71. The van der Waals surface area contributed by atoms with Crippen LogP contribution in [-0.4, -0.2) is 5.11 Å². The molecular weight excluding hydrogens is 268 g/mol. The predicted molar refractivity (Wildman–Crippen MR) is 78.4 cm³/mol. The highest BCUT2D eigenvalue weighted by Crippen LogP contribution is 2.33. The lowest BCUT2D eigenvalue weighted by atomic mass is 10.3. The van der Waals surface area contributed by atoms with Crippen molar-refractivity contribution in [2.24, 2.45) is 5.73 Å². The van der Waals surface area contributed by atoms with Gasteiger partial charge in [-0.25, -0.2) is 0 Å². The topological polar surface area (TPSA) is 47.3 Å². The Bertz CT molecular complexity index is 574. The standard InChI is InChI=1S/C13H11ClN2OS/c14-9-5-1-3-7-11(9)17-12-8-4-2-6-10(12)16-13(15)18/h1-8H,(H3,15,16,18). The van der Waals surface area contributed by atoms with Gasteiger partial charge in [0.1, 0.15) is 5.75 Å². The van der Waals surface area contributed by atoms with E-state index in [0.29, 0.717) is 22.2 Å². The van der Waals surface area contributed by atoms with Crippen molar-refractivity contribution in [2.75, 3.05) is 5.32 Å². The van der Waals surface area contributed by atoms with Crippen LogP contribution < -0.4 is 15.8 Å². The van der Waals surface area contributed by atoms with Crippen LogP contribution in [0.1, 0.15) is 0 Å². The zero-order valence-electron chi connectivity index (χ0n) is 9.39. The molecular formula is C13H11ClN2OS. The number of para-hydroxylation sites is 3. The molecule has 0 saturated carbocycles. The lowest BCUT2D eigenvalue weighted by Gasteiger charge is -2.12. The first kappa shape index (κ1) is 12.7. The molecule has 0 aliphatic carbocycles. The molecule has 0 aliphatic heterocycles. The third-order valence-corrected chi connectivity index (χ3v) is 2.62. The summed E-state index contributed by atoms with van der Waals surface area (Å²) in [7, 11) is 0. The normalized spacial score (nSPS) is 9.83. The molecule has 0 atom stereocenters. The van der Waals surface area contributed by atoms with Crippen molar-refractivity contribution in [2.45, 2.75) is 0 Å². The molecule has 0 saturated heterocycles. The van der Waals surface area contributed by atoms with E-state index in [1.165, 1.54) is 0 Å². The van der Waals surface area contributed by atoms with Crippen LogP contribution in [0.25, 0.3) is 0 Å². The maximum atomic E-state index is 6.04. The maximum absolute atomic E-state index is 6.04. The molecule has 2 rings (SSSR count). The van der Waals surface area contributed by atoms with Crippen LogP contribution in [-0.2, 0) is 0 Å². The first-order valence-corrected chi connectivity index (χ1v) is 6.03. The summed E-state index contributed by atoms with van der Waals surface area (Å²) in [5.41, 5.74) is 6.15. The van der Waals surface area contributed by atoms with Crippen LogP contribution in [0, 0.1) is 0 Å². The Labute approximate surface area is 116 Å². The van der Waals surface area contributed by atoms with Crippen molar-refractivity contribution in [1.82, 2.24) is 0 Å². The fourth-order valence-corrected chi connectivity index (χ4v) is 1.72. The first-order valence-electron chi connectivity index (χ1n) is 5.24. The van der Waals surface area contributed by atoms with Gasteiger partial charge in [0.25, 0.3) is 0 Å². The Balaban J connectivity index is 2.29. The fourth-order valence-electron chi connectivity index (χ4n) is 1.44. The summed E-state index contributed by atoms with van der Waals surface area (Å²) in [6, 6.07) is 14.6. The van der Waals surface area contributed by atoms with Gasteiger partial charge in [0.2, 0.25) is 0 Å². The third-order valence-electron chi connectivity index (χ3n) is 2.20. The minimum absolute atomic E-state index is 0.185. The number of halogens is 1. The van der Waals surface area contributed by atoms with Gasteiger partial charge < -0.3 is 15.8 Å². The molecule has 0 bridgehead atoms. The summed E-state index contributed by atoms with van der Waals surface area (Å²) < 4.78 is 5.73.